The largest absolute Gasteiger partial charge is 0.488 e. The molecule has 6 heteroatoms. The summed E-state index contributed by atoms with van der Waals surface area (Å²) in [5, 5.41) is 1.20. The molecule has 0 saturated heterocycles. The van der Waals surface area contributed by atoms with E-state index in [1.807, 2.05) is 42.5 Å². The maximum atomic E-state index is 14.0. The summed E-state index contributed by atoms with van der Waals surface area (Å²) < 4.78 is 21.9. The van der Waals surface area contributed by atoms with Crippen molar-refractivity contribution in [3.63, 3.8) is 0 Å². The highest BCUT2D eigenvalue weighted by Crippen LogP contribution is 2.38. The molecule has 3 aromatic carbocycles. The summed E-state index contributed by atoms with van der Waals surface area (Å²) in [5.74, 6) is 0.253. The second kappa shape index (κ2) is 7.35. The van der Waals surface area contributed by atoms with E-state index >= 15 is 0 Å². The molecule has 0 bridgehead atoms. The Balaban J connectivity index is 1.71. The monoisotopic (exact) mass is 447 g/mol. The third-order valence-corrected chi connectivity index (χ3v) is 5.82. The minimum Gasteiger partial charge on any atom is -0.488 e. The topological polar surface area (TPSA) is 22.1 Å². The van der Waals surface area contributed by atoms with E-state index in [0.717, 1.165) is 25.3 Å². The Bertz CT molecular complexity index is 1050. The number of thiazole rings is 1. The van der Waals surface area contributed by atoms with E-state index in [0.29, 0.717) is 16.3 Å². The Morgan fingerprint density at radius 3 is 2.73 bits per heavy atom. The first-order chi connectivity index (χ1) is 12.6. The first-order valence-corrected chi connectivity index (χ1v) is 9.82. The highest BCUT2D eigenvalue weighted by molar-refractivity contribution is 9.10. The second-order valence-corrected chi connectivity index (χ2v) is 7.97. The van der Waals surface area contributed by atoms with E-state index in [1.54, 1.807) is 23.5 Å². The predicted octanol–water partition coefficient (Wildman–Crippen LogP) is 7.10. The van der Waals surface area contributed by atoms with Gasteiger partial charge in [0.1, 0.15) is 23.2 Å². The van der Waals surface area contributed by atoms with Crippen molar-refractivity contribution in [1.82, 2.24) is 4.98 Å². The number of halogens is 3. The Morgan fingerprint density at radius 2 is 1.92 bits per heavy atom. The highest BCUT2D eigenvalue weighted by atomic mass is 79.9. The van der Waals surface area contributed by atoms with Gasteiger partial charge in [-0.15, -0.1) is 11.3 Å². The van der Waals surface area contributed by atoms with Gasteiger partial charge in [0.25, 0.3) is 0 Å². The number of rotatable bonds is 4. The van der Waals surface area contributed by atoms with Crippen LogP contribution in [-0.4, -0.2) is 4.98 Å². The van der Waals surface area contributed by atoms with E-state index < -0.39 is 0 Å². The second-order valence-electron chi connectivity index (χ2n) is 5.62. The van der Waals surface area contributed by atoms with Crippen molar-refractivity contribution in [2.24, 2.45) is 0 Å². The Hall–Kier alpha value is -1.95. The summed E-state index contributed by atoms with van der Waals surface area (Å²) in [6, 6.07) is 18.3. The van der Waals surface area contributed by atoms with Gasteiger partial charge in [-0.05, 0) is 42.5 Å². The van der Waals surface area contributed by atoms with Gasteiger partial charge in [0.2, 0.25) is 0 Å². The first-order valence-electron chi connectivity index (χ1n) is 7.83. The van der Waals surface area contributed by atoms with Crippen molar-refractivity contribution in [2.75, 3.05) is 0 Å². The molecule has 1 heterocycles. The van der Waals surface area contributed by atoms with Crippen molar-refractivity contribution in [2.45, 2.75) is 6.61 Å². The molecule has 0 aliphatic carbocycles. The molecule has 0 fully saturated rings. The van der Waals surface area contributed by atoms with Crippen molar-refractivity contribution < 1.29 is 9.13 Å². The number of fused-ring (bicyclic) bond motifs is 1. The Morgan fingerprint density at radius 1 is 1.08 bits per heavy atom. The van der Waals surface area contributed by atoms with Crippen LogP contribution in [0.25, 0.3) is 20.8 Å². The summed E-state index contributed by atoms with van der Waals surface area (Å²) in [7, 11) is 0. The molecule has 0 radical (unpaired) electrons. The number of ether oxygens (including phenoxy) is 1. The number of para-hydroxylation sites is 1. The Kier molecular flexibility index (Phi) is 4.94. The molecule has 0 aliphatic heterocycles. The number of aromatic nitrogens is 1. The fourth-order valence-electron chi connectivity index (χ4n) is 2.60. The Labute approximate surface area is 167 Å². The fraction of sp³-hybridized carbons (Fsp3) is 0.0500. The molecule has 130 valence electrons. The number of hydrogen-bond donors (Lipinski definition) is 0. The summed E-state index contributed by atoms with van der Waals surface area (Å²) >= 11 is 11.2. The van der Waals surface area contributed by atoms with Crippen molar-refractivity contribution >= 4 is 49.1 Å². The summed E-state index contributed by atoms with van der Waals surface area (Å²) in [6.07, 6.45) is 0. The van der Waals surface area contributed by atoms with Crippen LogP contribution < -0.4 is 4.74 Å². The van der Waals surface area contributed by atoms with Crippen molar-refractivity contribution in [1.29, 1.82) is 0 Å². The minimum atomic E-state index is -0.379. The number of hydrogen-bond acceptors (Lipinski definition) is 3. The van der Waals surface area contributed by atoms with Crippen molar-refractivity contribution in [3.8, 4) is 16.3 Å². The van der Waals surface area contributed by atoms with Crippen LogP contribution in [0.15, 0.2) is 65.1 Å². The summed E-state index contributed by atoms with van der Waals surface area (Å²) in [6.45, 7) is 0.0467. The van der Waals surface area contributed by atoms with Gasteiger partial charge in [-0.2, -0.15) is 0 Å². The van der Waals surface area contributed by atoms with Crippen LogP contribution in [0, 0.1) is 5.82 Å². The maximum absolute atomic E-state index is 14.0. The van der Waals surface area contributed by atoms with E-state index in [4.69, 9.17) is 21.3 Å². The van der Waals surface area contributed by atoms with Crippen LogP contribution in [0.1, 0.15) is 5.56 Å². The molecule has 0 spiro atoms. The third kappa shape index (κ3) is 3.47. The molecule has 26 heavy (non-hydrogen) atoms. The van der Waals surface area contributed by atoms with Crippen molar-refractivity contribution in [3.05, 3.63) is 81.5 Å². The summed E-state index contributed by atoms with van der Waals surface area (Å²) in [5.41, 5.74) is 2.14. The van der Waals surface area contributed by atoms with Crippen LogP contribution >= 0.6 is 38.9 Å². The molecule has 4 aromatic rings. The lowest BCUT2D eigenvalue weighted by Gasteiger charge is -2.12. The number of benzene rings is 3. The summed E-state index contributed by atoms with van der Waals surface area (Å²) in [4.78, 5) is 4.69. The van der Waals surface area contributed by atoms with Crippen LogP contribution in [0.4, 0.5) is 4.39 Å². The molecule has 0 saturated carbocycles. The standard InChI is InChI=1S/C20H12BrClFNOS/c21-12-8-9-18(25-11-14-15(22)4-3-5-16(14)23)13(10-12)20-24-17-6-1-2-7-19(17)26-20/h1-10H,11H2. The van der Waals surface area contributed by atoms with Gasteiger partial charge < -0.3 is 4.74 Å². The number of nitrogens with zero attached hydrogens (tertiary/aromatic N) is 1. The average molecular weight is 449 g/mol. The molecular formula is C20H12BrClFNOS. The lowest BCUT2D eigenvalue weighted by atomic mass is 10.2. The normalized spacial score (nSPS) is 11.0. The molecule has 0 N–H and O–H groups in total. The smallest absolute Gasteiger partial charge is 0.131 e. The van der Waals surface area contributed by atoms with E-state index in [9.17, 15) is 4.39 Å². The quantitative estimate of drug-likeness (QED) is 0.332. The van der Waals surface area contributed by atoms with Crippen LogP contribution in [0.2, 0.25) is 5.02 Å². The maximum Gasteiger partial charge on any atom is 0.131 e. The lowest BCUT2D eigenvalue weighted by molar-refractivity contribution is 0.301. The van der Waals surface area contributed by atoms with Gasteiger partial charge in [0.05, 0.1) is 20.8 Å². The molecule has 0 aliphatic rings. The molecule has 2 nitrogen and oxygen atoms in total. The first kappa shape index (κ1) is 17.5. The van der Waals surface area contributed by atoms with Gasteiger partial charge in [-0.3, -0.25) is 0 Å². The van der Waals surface area contributed by atoms with Crippen LogP contribution in [-0.2, 0) is 6.61 Å². The molecule has 0 amide bonds. The van der Waals surface area contributed by atoms with Gasteiger partial charge in [0, 0.05) is 10.0 Å². The zero-order valence-electron chi connectivity index (χ0n) is 13.4. The van der Waals surface area contributed by atoms with E-state index in [-0.39, 0.29) is 12.4 Å². The van der Waals surface area contributed by atoms with Gasteiger partial charge in [-0.25, -0.2) is 9.37 Å². The van der Waals surface area contributed by atoms with Gasteiger partial charge in [-0.1, -0.05) is 45.7 Å². The third-order valence-electron chi connectivity index (χ3n) is 3.90. The zero-order valence-corrected chi connectivity index (χ0v) is 16.5. The SMILES string of the molecule is Fc1cccc(Cl)c1COc1ccc(Br)cc1-c1nc2ccccc2s1. The van der Waals surface area contributed by atoms with E-state index in [2.05, 4.69) is 15.9 Å². The lowest BCUT2D eigenvalue weighted by Crippen LogP contribution is -2.00. The van der Waals surface area contributed by atoms with Crippen LogP contribution in [0.3, 0.4) is 0 Å². The molecule has 4 rings (SSSR count). The highest BCUT2D eigenvalue weighted by Gasteiger charge is 2.14. The van der Waals surface area contributed by atoms with E-state index in [1.165, 1.54) is 6.07 Å². The average Bonchev–Trinajstić information content (AvgIpc) is 3.06. The molecule has 1 aromatic heterocycles. The predicted molar refractivity (Wildman–Crippen MR) is 108 cm³/mol. The molecule has 0 atom stereocenters. The molecular weight excluding hydrogens is 437 g/mol. The van der Waals surface area contributed by atoms with Gasteiger partial charge >= 0.3 is 0 Å². The minimum absolute atomic E-state index is 0.0467. The fourth-order valence-corrected chi connectivity index (χ4v) is 4.17. The van der Waals surface area contributed by atoms with Crippen LogP contribution in [0.5, 0.6) is 5.75 Å². The molecule has 0 unspecified atom stereocenters. The van der Waals surface area contributed by atoms with Gasteiger partial charge in [0.15, 0.2) is 0 Å². The zero-order chi connectivity index (χ0) is 18.1.